The van der Waals surface area contributed by atoms with E-state index in [0.29, 0.717) is 24.8 Å². The smallest absolute Gasteiger partial charge is 0.327 e. The molecule has 0 fully saturated rings. The Bertz CT molecular complexity index is 1420. The molecule has 0 bridgehead atoms. The number of rotatable bonds is 9. The highest BCUT2D eigenvalue weighted by atomic mass is 32.2. The minimum absolute atomic E-state index is 0.0355. The molecule has 1 unspecified atom stereocenters. The number of hydrogen-bond donors (Lipinski definition) is 2. The van der Waals surface area contributed by atoms with Gasteiger partial charge in [-0.1, -0.05) is 24.3 Å². The van der Waals surface area contributed by atoms with Crippen LogP contribution in [0.15, 0.2) is 70.6 Å². The Kier molecular flexibility index (Phi) is 7.24. The van der Waals surface area contributed by atoms with Crippen LogP contribution in [-0.2, 0) is 42.5 Å². The van der Waals surface area contributed by atoms with E-state index in [0.717, 1.165) is 5.69 Å². The van der Waals surface area contributed by atoms with Crippen molar-refractivity contribution >= 4 is 31.7 Å². The van der Waals surface area contributed by atoms with Gasteiger partial charge in [0.15, 0.2) is 0 Å². The topological polar surface area (TPSA) is 136 Å². The summed E-state index contributed by atoms with van der Waals surface area (Å²) in [5, 5.41) is 4.26. The van der Waals surface area contributed by atoms with Crippen molar-refractivity contribution in [1.29, 1.82) is 0 Å². The normalized spacial score (nSPS) is 15.9. The standard InChI is InChI=1S/C23H26N4O6S2/c1-2-33-23(28)16-27-22-13-7-12-21(20(22)15-24-27)26-35(31,32)19-11-6-8-17(14-19)25-34(29,30)18-9-4-3-5-10-18/h3-6,8-11,14-15,21,25-26H,2,7,12-13,16H2,1H3. The Morgan fingerprint density at radius 3 is 2.54 bits per heavy atom. The van der Waals surface area contributed by atoms with Crippen LogP contribution in [0.25, 0.3) is 0 Å². The summed E-state index contributed by atoms with van der Waals surface area (Å²) in [6.07, 6.45) is 3.53. The number of carbonyl (C=O) groups excluding carboxylic acids is 1. The molecule has 186 valence electrons. The number of nitrogens with zero attached hydrogens (tertiary/aromatic N) is 2. The van der Waals surface area contributed by atoms with Gasteiger partial charge in [-0.25, -0.2) is 21.6 Å². The molecule has 4 rings (SSSR count). The van der Waals surface area contributed by atoms with Gasteiger partial charge in [0.2, 0.25) is 10.0 Å². The van der Waals surface area contributed by atoms with E-state index in [9.17, 15) is 21.6 Å². The average molecular weight is 519 g/mol. The predicted molar refractivity (Wildman–Crippen MR) is 129 cm³/mol. The molecule has 1 aliphatic rings. The lowest BCUT2D eigenvalue weighted by Gasteiger charge is -2.24. The van der Waals surface area contributed by atoms with Crippen molar-refractivity contribution in [2.75, 3.05) is 11.3 Å². The molecule has 12 heteroatoms. The van der Waals surface area contributed by atoms with Gasteiger partial charge in [-0.15, -0.1) is 0 Å². The van der Waals surface area contributed by atoms with E-state index in [1.165, 1.54) is 36.4 Å². The van der Waals surface area contributed by atoms with Gasteiger partial charge in [-0.2, -0.15) is 5.10 Å². The fourth-order valence-electron chi connectivity index (χ4n) is 4.00. The van der Waals surface area contributed by atoms with E-state index in [1.54, 1.807) is 36.0 Å². The van der Waals surface area contributed by atoms with Crippen LogP contribution in [0.5, 0.6) is 0 Å². The quantitative estimate of drug-likeness (QED) is 0.416. The summed E-state index contributed by atoms with van der Waals surface area (Å²) in [4.78, 5) is 11.9. The third-order valence-corrected chi connectivity index (χ3v) is 8.46. The lowest BCUT2D eigenvalue weighted by atomic mass is 9.94. The number of ether oxygens (including phenoxy) is 1. The predicted octanol–water partition coefficient (Wildman–Crippen LogP) is 2.60. The van der Waals surface area contributed by atoms with Gasteiger partial charge >= 0.3 is 5.97 Å². The number of esters is 1. The van der Waals surface area contributed by atoms with Crippen LogP contribution in [0.4, 0.5) is 5.69 Å². The first-order valence-electron chi connectivity index (χ1n) is 11.1. The molecule has 0 aliphatic heterocycles. The maximum absolute atomic E-state index is 13.2. The van der Waals surface area contributed by atoms with Crippen molar-refractivity contribution < 1.29 is 26.4 Å². The van der Waals surface area contributed by atoms with E-state index in [4.69, 9.17) is 4.74 Å². The highest BCUT2D eigenvalue weighted by molar-refractivity contribution is 7.92. The largest absolute Gasteiger partial charge is 0.465 e. The minimum Gasteiger partial charge on any atom is -0.465 e. The van der Waals surface area contributed by atoms with Crippen LogP contribution in [0.1, 0.15) is 37.1 Å². The number of benzene rings is 2. The zero-order chi connectivity index (χ0) is 25.1. The van der Waals surface area contributed by atoms with Crippen molar-refractivity contribution in [3.05, 3.63) is 72.1 Å². The molecule has 3 aromatic rings. The second kappa shape index (κ2) is 10.2. The summed E-state index contributed by atoms with van der Waals surface area (Å²) < 4.78 is 63.3. The average Bonchev–Trinajstić information content (AvgIpc) is 3.23. The summed E-state index contributed by atoms with van der Waals surface area (Å²) in [6, 6.07) is 12.9. The first kappa shape index (κ1) is 24.9. The molecule has 2 aromatic carbocycles. The van der Waals surface area contributed by atoms with Gasteiger partial charge < -0.3 is 4.74 Å². The number of nitrogens with one attached hydrogen (secondary N) is 2. The Balaban J connectivity index is 1.53. The molecule has 1 aromatic heterocycles. The van der Waals surface area contributed by atoms with E-state index in [2.05, 4.69) is 14.5 Å². The molecular formula is C23H26N4O6S2. The Morgan fingerprint density at radius 1 is 1.06 bits per heavy atom. The molecule has 10 nitrogen and oxygen atoms in total. The molecule has 0 spiro atoms. The second-order valence-electron chi connectivity index (χ2n) is 8.02. The van der Waals surface area contributed by atoms with Gasteiger partial charge in [0.1, 0.15) is 6.54 Å². The third-order valence-electron chi connectivity index (χ3n) is 5.59. The van der Waals surface area contributed by atoms with Gasteiger partial charge in [0, 0.05) is 11.3 Å². The molecule has 0 radical (unpaired) electrons. The molecular weight excluding hydrogens is 492 g/mol. The Morgan fingerprint density at radius 2 is 1.80 bits per heavy atom. The Hall–Kier alpha value is -3.22. The number of carbonyl (C=O) groups is 1. The number of anilines is 1. The molecule has 35 heavy (non-hydrogen) atoms. The monoisotopic (exact) mass is 518 g/mol. The van der Waals surface area contributed by atoms with Crippen molar-refractivity contribution in [3.8, 4) is 0 Å². The maximum atomic E-state index is 13.2. The summed E-state index contributed by atoms with van der Waals surface area (Å²) in [6.45, 7) is 1.96. The number of aromatic nitrogens is 2. The summed E-state index contributed by atoms with van der Waals surface area (Å²) in [7, 11) is -7.85. The zero-order valence-corrected chi connectivity index (χ0v) is 20.7. The summed E-state index contributed by atoms with van der Waals surface area (Å²) in [5.41, 5.74) is 1.63. The highest BCUT2D eigenvalue weighted by Crippen LogP contribution is 2.31. The molecule has 1 aliphatic carbocycles. The Labute approximate surface area is 204 Å². The first-order chi connectivity index (χ1) is 16.7. The van der Waals surface area contributed by atoms with Crippen molar-refractivity contribution in [3.63, 3.8) is 0 Å². The molecule has 2 N–H and O–H groups in total. The van der Waals surface area contributed by atoms with E-state index >= 15 is 0 Å². The van der Waals surface area contributed by atoms with Crippen molar-refractivity contribution in [2.45, 2.75) is 48.6 Å². The van der Waals surface area contributed by atoms with Gasteiger partial charge in [-0.05, 0) is 56.5 Å². The van der Waals surface area contributed by atoms with Crippen molar-refractivity contribution in [1.82, 2.24) is 14.5 Å². The van der Waals surface area contributed by atoms with E-state index in [-0.39, 0.29) is 28.6 Å². The minimum atomic E-state index is -3.98. The van der Waals surface area contributed by atoms with Crippen LogP contribution in [0.3, 0.4) is 0 Å². The molecule has 0 amide bonds. The number of sulfonamides is 2. The zero-order valence-electron chi connectivity index (χ0n) is 19.0. The molecule has 1 atom stereocenters. The maximum Gasteiger partial charge on any atom is 0.327 e. The van der Waals surface area contributed by atoms with Crippen LogP contribution in [0, 0.1) is 0 Å². The van der Waals surface area contributed by atoms with Crippen LogP contribution in [0.2, 0.25) is 0 Å². The van der Waals surface area contributed by atoms with Crippen LogP contribution >= 0.6 is 0 Å². The summed E-state index contributed by atoms with van der Waals surface area (Å²) >= 11 is 0. The molecule has 0 saturated carbocycles. The number of hydrogen-bond acceptors (Lipinski definition) is 7. The third kappa shape index (κ3) is 5.72. The SMILES string of the molecule is CCOC(=O)Cn1ncc2c1CCCC2NS(=O)(=O)c1cccc(NS(=O)(=O)c2ccccc2)c1. The van der Waals surface area contributed by atoms with Crippen molar-refractivity contribution in [2.24, 2.45) is 0 Å². The fraction of sp³-hybridized carbons (Fsp3) is 0.304. The van der Waals surface area contributed by atoms with Gasteiger partial charge in [0.05, 0.1) is 34.3 Å². The summed E-state index contributed by atoms with van der Waals surface area (Å²) in [5.74, 6) is -0.407. The van der Waals surface area contributed by atoms with E-state index in [1.807, 2.05) is 0 Å². The molecule has 0 saturated heterocycles. The second-order valence-corrected chi connectivity index (χ2v) is 11.4. The van der Waals surface area contributed by atoms with Crippen LogP contribution in [-0.4, -0.2) is 39.2 Å². The van der Waals surface area contributed by atoms with Gasteiger partial charge in [-0.3, -0.25) is 14.2 Å². The fourth-order valence-corrected chi connectivity index (χ4v) is 6.37. The molecule has 1 heterocycles. The highest BCUT2D eigenvalue weighted by Gasteiger charge is 2.29. The van der Waals surface area contributed by atoms with Crippen LogP contribution < -0.4 is 9.44 Å². The first-order valence-corrected chi connectivity index (χ1v) is 14.1. The van der Waals surface area contributed by atoms with Gasteiger partial charge in [0.25, 0.3) is 10.0 Å². The lowest BCUT2D eigenvalue weighted by molar-refractivity contribution is -0.144. The van der Waals surface area contributed by atoms with E-state index < -0.39 is 32.1 Å². The number of fused-ring (bicyclic) bond motifs is 1. The lowest BCUT2D eigenvalue weighted by Crippen LogP contribution is -2.31.